The minimum absolute atomic E-state index is 0.150. The number of nitrogens with one attached hydrogen (secondary N) is 1. The fourth-order valence-corrected chi connectivity index (χ4v) is 4.64. The van der Waals surface area contributed by atoms with Crippen molar-refractivity contribution in [3.63, 3.8) is 0 Å². The molecule has 2 rings (SSSR count). The molecule has 1 heterocycles. The van der Waals surface area contributed by atoms with Crippen molar-refractivity contribution in [2.75, 3.05) is 16.8 Å². The van der Waals surface area contributed by atoms with Gasteiger partial charge in [-0.3, -0.25) is 0 Å². The van der Waals surface area contributed by atoms with Gasteiger partial charge in [0.15, 0.2) is 0 Å². The van der Waals surface area contributed by atoms with Crippen LogP contribution in [-0.2, 0) is 20.0 Å². The number of hydrogen-bond acceptors (Lipinski definition) is 6. The quantitative estimate of drug-likeness (QED) is 0.824. The van der Waals surface area contributed by atoms with Crippen molar-refractivity contribution in [1.82, 2.24) is 0 Å². The van der Waals surface area contributed by atoms with Gasteiger partial charge in [-0.1, -0.05) is 18.5 Å². The molecule has 21 heavy (non-hydrogen) atoms. The molecule has 0 saturated carbocycles. The second-order valence-electron chi connectivity index (χ2n) is 4.10. The van der Waals surface area contributed by atoms with Gasteiger partial charge >= 0.3 is 0 Å². The topological polar surface area (TPSA) is 119 Å². The lowest BCUT2D eigenvalue weighted by Crippen LogP contribution is -2.24. The predicted molar refractivity (Wildman–Crippen MR) is 84.1 cm³/mol. The van der Waals surface area contributed by atoms with Gasteiger partial charge in [-0.2, -0.15) is 20.2 Å². The second-order valence-corrected chi connectivity index (χ2v) is 8.88. The van der Waals surface area contributed by atoms with Crippen molar-refractivity contribution in [2.24, 2.45) is 9.54 Å². The molecular formula is C10H12ClN3O4S3. The average molecular weight is 370 g/mol. The molecule has 7 nitrogen and oxygen atoms in total. The number of halogens is 1. The summed E-state index contributed by atoms with van der Waals surface area (Å²) in [6.45, 7) is 1.94. The Morgan fingerprint density at radius 1 is 1.43 bits per heavy atom. The molecule has 0 fully saturated rings. The van der Waals surface area contributed by atoms with Crippen molar-refractivity contribution < 1.29 is 16.8 Å². The van der Waals surface area contributed by atoms with E-state index in [2.05, 4.69) is 9.71 Å². The Bertz CT molecular complexity index is 818. The Labute approximate surface area is 132 Å². The summed E-state index contributed by atoms with van der Waals surface area (Å²) in [7, 11) is -8.11. The van der Waals surface area contributed by atoms with Crippen molar-refractivity contribution >= 4 is 54.9 Å². The van der Waals surface area contributed by atoms with Gasteiger partial charge in [0.25, 0.3) is 10.0 Å². The van der Waals surface area contributed by atoms with E-state index in [9.17, 15) is 16.8 Å². The predicted octanol–water partition coefficient (Wildman–Crippen LogP) is 1.25. The summed E-state index contributed by atoms with van der Waals surface area (Å²) in [4.78, 5) is -0.712. The van der Waals surface area contributed by atoms with E-state index in [4.69, 9.17) is 16.7 Å². The normalized spacial score (nSPS) is 16.8. The van der Waals surface area contributed by atoms with Gasteiger partial charge in [-0.05, 0) is 17.9 Å². The first kappa shape index (κ1) is 16.6. The Hall–Kier alpha value is -0.810. The number of benzene rings is 1. The molecule has 0 saturated heterocycles. The second kappa shape index (κ2) is 5.76. The number of amidine groups is 1. The number of thioether (sulfide) groups is 1. The van der Waals surface area contributed by atoms with Crippen molar-refractivity contribution in [3.05, 3.63) is 17.2 Å². The SMILES string of the molecule is CCSCC1=NS(=O)(=O)c2cc(S(N)(=O)=O)c(Cl)cc2N1. The third kappa shape index (κ3) is 3.51. The molecule has 1 aliphatic heterocycles. The number of primary sulfonamides is 1. The lowest BCUT2D eigenvalue weighted by atomic mass is 10.3. The summed E-state index contributed by atoms with van der Waals surface area (Å²) >= 11 is 7.35. The number of hydrogen-bond donors (Lipinski definition) is 2. The van der Waals surface area contributed by atoms with Crippen LogP contribution in [0.4, 0.5) is 5.69 Å². The lowest BCUT2D eigenvalue weighted by molar-refractivity contribution is 0.596. The fraction of sp³-hybridized carbons (Fsp3) is 0.300. The molecule has 0 aromatic heterocycles. The first-order valence-electron chi connectivity index (χ1n) is 5.70. The van der Waals surface area contributed by atoms with Crippen LogP contribution in [0, 0.1) is 0 Å². The zero-order valence-electron chi connectivity index (χ0n) is 10.8. The van der Waals surface area contributed by atoms with Crippen LogP contribution < -0.4 is 10.5 Å². The minimum atomic E-state index is -4.12. The molecule has 0 bridgehead atoms. The van der Waals surface area contributed by atoms with Gasteiger partial charge in [0.2, 0.25) is 10.0 Å². The highest BCUT2D eigenvalue weighted by molar-refractivity contribution is 8.00. The standard InChI is InChI=1S/C10H12ClN3O4S3/c1-2-19-5-10-13-7-3-6(11)8(20(12,15)16)4-9(7)21(17,18)14-10/h3-4H,2,5H2,1H3,(H,13,14)(H2,12,15,16). The highest BCUT2D eigenvalue weighted by Gasteiger charge is 2.28. The van der Waals surface area contributed by atoms with Crippen LogP contribution in [-0.4, -0.2) is 34.2 Å². The number of nitrogens with zero attached hydrogens (tertiary/aromatic N) is 1. The molecule has 0 amide bonds. The Balaban J connectivity index is 2.57. The summed E-state index contributed by atoms with van der Waals surface area (Å²) in [6.07, 6.45) is 0. The van der Waals surface area contributed by atoms with Crippen LogP contribution in [0.3, 0.4) is 0 Å². The molecular weight excluding hydrogens is 358 g/mol. The monoisotopic (exact) mass is 369 g/mol. The van der Waals surface area contributed by atoms with Gasteiger partial charge in [0.1, 0.15) is 15.6 Å². The number of sulfonamides is 2. The maximum absolute atomic E-state index is 12.1. The van der Waals surface area contributed by atoms with E-state index >= 15 is 0 Å². The van der Waals surface area contributed by atoms with E-state index in [0.717, 1.165) is 11.8 Å². The molecule has 11 heteroatoms. The molecule has 0 unspecified atom stereocenters. The molecule has 0 aliphatic carbocycles. The van der Waals surface area contributed by atoms with E-state index < -0.39 is 24.9 Å². The van der Waals surface area contributed by atoms with E-state index in [0.29, 0.717) is 5.75 Å². The molecule has 1 aromatic carbocycles. The Morgan fingerprint density at radius 2 is 2.10 bits per heavy atom. The third-order valence-corrected chi connectivity index (χ3v) is 6.19. The van der Waals surface area contributed by atoms with E-state index in [1.165, 1.54) is 17.8 Å². The largest absolute Gasteiger partial charge is 0.341 e. The molecule has 1 aromatic rings. The molecule has 116 valence electrons. The van der Waals surface area contributed by atoms with Crippen LogP contribution in [0.5, 0.6) is 0 Å². The number of nitrogens with two attached hydrogens (primary N) is 1. The molecule has 1 aliphatic rings. The van der Waals surface area contributed by atoms with Gasteiger partial charge < -0.3 is 5.32 Å². The highest BCUT2D eigenvalue weighted by atomic mass is 35.5. The van der Waals surface area contributed by atoms with Crippen LogP contribution in [0.25, 0.3) is 0 Å². The van der Waals surface area contributed by atoms with E-state index in [1.807, 2.05) is 6.92 Å². The van der Waals surface area contributed by atoms with Crippen molar-refractivity contribution in [1.29, 1.82) is 0 Å². The highest BCUT2D eigenvalue weighted by Crippen LogP contribution is 2.34. The van der Waals surface area contributed by atoms with Crippen molar-refractivity contribution in [2.45, 2.75) is 16.7 Å². The molecule has 3 N–H and O–H groups in total. The number of fused-ring (bicyclic) bond motifs is 1. The molecule has 0 atom stereocenters. The summed E-state index contributed by atoms with van der Waals surface area (Å²) < 4.78 is 50.7. The summed E-state index contributed by atoms with van der Waals surface area (Å²) in [5.74, 6) is 1.47. The summed E-state index contributed by atoms with van der Waals surface area (Å²) in [6, 6.07) is 2.14. The zero-order valence-corrected chi connectivity index (χ0v) is 14.0. The van der Waals surface area contributed by atoms with Crippen LogP contribution in [0.15, 0.2) is 26.3 Å². The summed E-state index contributed by atoms with van der Waals surface area (Å²) in [5.41, 5.74) is 0.189. The first-order chi connectivity index (χ1) is 9.65. The minimum Gasteiger partial charge on any atom is -0.341 e. The van der Waals surface area contributed by atoms with Gasteiger partial charge in [0, 0.05) is 0 Å². The van der Waals surface area contributed by atoms with Crippen LogP contribution in [0.1, 0.15) is 6.92 Å². The van der Waals surface area contributed by atoms with Crippen LogP contribution in [0.2, 0.25) is 5.02 Å². The smallest absolute Gasteiger partial charge is 0.286 e. The van der Waals surface area contributed by atoms with Crippen LogP contribution >= 0.6 is 23.4 Å². The molecule has 0 radical (unpaired) electrons. The lowest BCUT2D eigenvalue weighted by Gasteiger charge is -2.19. The number of rotatable bonds is 4. The number of anilines is 1. The summed E-state index contributed by atoms with van der Waals surface area (Å²) in [5, 5.41) is 7.69. The third-order valence-electron chi connectivity index (χ3n) is 2.57. The fourth-order valence-electron chi connectivity index (χ4n) is 1.70. The molecule has 0 spiro atoms. The van der Waals surface area contributed by atoms with Gasteiger partial charge in [-0.15, -0.1) is 4.40 Å². The Morgan fingerprint density at radius 3 is 2.67 bits per heavy atom. The maximum Gasteiger partial charge on any atom is 0.286 e. The van der Waals surface area contributed by atoms with Gasteiger partial charge in [0.05, 0.1) is 16.5 Å². The zero-order chi connectivity index (χ0) is 15.8. The van der Waals surface area contributed by atoms with E-state index in [-0.39, 0.29) is 21.4 Å². The Kier molecular flexibility index (Phi) is 4.54. The maximum atomic E-state index is 12.1. The first-order valence-corrected chi connectivity index (χ1v) is 10.2. The van der Waals surface area contributed by atoms with Crippen molar-refractivity contribution in [3.8, 4) is 0 Å². The van der Waals surface area contributed by atoms with E-state index in [1.54, 1.807) is 0 Å². The average Bonchev–Trinajstić information content (AvgIpc) is 2.33. The van der Waals surface area contributed by atoms with Gasteiger partial charge in [-0.25, -0.2) is 13.6 Å².